The first-order valence-electron chi connectivity index (χ1n) is 10.9. The number of para-hydroxylation sites is 2. The van der Waals surface area contributed by atoms with Gasteiger partial charge >= 0.3 is 0 Å². The molecule has 5 nitrogen and oxygen atoms in total. The molecule has 0 atom stereocenters. The van der Waals surface area contributed by atoms with Crippen molar-refractivity contribution < 1.29 is 9.53 Å². The molecule has 1 amide bonds. The molecule has 1 aromatic heterocycles. The fourth-order valence-corrected chi connectivity index (χ4v) is 4.34. The van der Waals surface area contributed by atoms with E-state index in [0.717, 1.165) is 46.6 Å². The van der Waals surface area contributed by atoms with E-state index in [0.29, 0.717) is 19.2 Å². The molecule has 0 unspecified atom stereocenters. The molecule has 1 fully saturated rings. The molecule has 4 rings (SSSR count). The highest BCUT2D eigenvalue weighted by Gasteiger charge is 2.23. The maximum Gasteiger partial charge on any atom is 0.242 e. The number of aryl methyl sites for hydroxylation is 2. The number of amides is 1. The van der Waals surface area contributed by atoms with Gasteiger partial charge in [-0.1, -0.05) is 43.5 Å². The lowest BCUT2D eigenvalue weighted by Gasteiger charge is -2.31. The Labute approximate surface area is 178 Å². The Balaban J connectivity index is 1.57. The summed E-state index contributed by atoms with van der Waals surface area (Å²) in [5, 5.41) is 0. The zero-order chi connectivity index (χ0) is 21.1. The summed E-state index contributed by atoms with van der Waals surface area (Å²) in [7, 11) is 1.95. The van der Waals surface area contributed by atoms with Gasteiger partial charge in [-0.25, -0.2) is 4.98 Å². The molecule has 1 aliphatic rings. The lowest BCUT2D eigenvalue weighted by molar-refractivity contribution is -0.133. The van der Waals surface area contributed by atoms with Crippen molar-refractivity contribution >= 4 is 16.9 Å². The summed E-state index contributed by atoms with van der Waals surface area (Å²) in [6, 6.07) is 14.5. The molecule has 0 aliphatic heterocycles. The fourth-order valence-electron chi connectivity index (χ4n) is 4.34. The van der Waals surface area contributed by atoms with Crippen LogP contribution in [0.25, 0.3) is 11.0 Å². The van der Waals surface area contributed by atoms with E-state index in [1.54, 1.807) is 0 Å². The maximum absolute atomic E-state index is 13.1. The van der Waals surface area contributed by atoms with Crippen LogP contribution < -0.4 is 4.74 Å². The second kappa shape index (κ2) is 8.90. The van der Waals surface area contributed by atoms with Gasteiger partial charge in [0.15, 0.2) is 0 Å². The molecule has 1 saturated carbocycles. The van der Waals surface area contributed by atoms with Gasteiger partial charge in [0.2, 0.25) is 5.91 Å². The Bertz CT molecular complexity index is 1030. The number of imidazole rings is 1. The number of fused-ring (bicyclic) bond motifs is 1. The highest BCUT2D eigenvalue weighted by atomic mass is 16.5. The van der Waals surface area contributed by atoms with E-state index in [4.69, 9.17) is 9.72 Å². The van der Waals surface area contributed by atoms with Crippen LogP contribution in [0.2, 0.25) is 0 Å². The van der Waals surface area contributed by atoms with Crippen LogP contribution in [0.5, 0.6) is 5.75 Å². The zero-order valence-electron chi connectivity index (χ0n) is 18.2. The van der Waals surface area contributed by atoms with Gasteiger partial charge in [-0.05, 0) is 56.0 Å². The first-order valence-corrected chi connectivity index (χ1v) is 10.9. The van der Waals surface area contributed by atoms with Crippen LogP contribution in [0.4, 0.5) is 0 Å². The molecule has 158 valence electrons. The molecule has 3 aromatic rings. The Kier molecular flexibility index (Phi) is 6.07. The number of hydrogen-bond acceptors (Lipinski definition) is 3. The molecule has 0 spiro atoms. The number of benzene rings is 2. The van der Waals surface area contributed by atoms with E-state index in [1.807, 2.05) is 53.8 Å². The SMILES string of the molecule is Cc1ccc(C)c(OCc2nc3ccccc3n2CC(=O)N(C)C2CCCCC2)c1. The summed E-state index contributed by atoms with van der Waals surface area (Å²) in [6.07, 6.45) is 5.92. The maximum atomic E-state index is 13.1. The molecule has 5 heteroatoms. The van der Waals surface area contributed by atoms with Crippen molar-refractivity contribution in [2.24, 2.45) is 0 Å². The number of ether oxygens (including phenoxy) is 1. The van der Waals surface area contributed by atoms with E-state index in [9.17, 15) is 4.79 Å². The summed E-state index contributed by atoms with van der Waals surface area (Å²) in [4.78, 5) is 19.8. The quantitative estimate of drug-likeness (QED) is 0.578. The van der Waals surface area contributed by atoms with Crippen LogP contribution >= 0.6 is 0 Å². The van der Waals surface area contributed by atoms with Gasteiger partial charge in [-0.3, -0.25) is 4.79 Å². The number of likely N-dealkylation sites (N-methyl/N-ethyl adjacent to an activating group) is 1. The third-order valence-corrected chi connectivity index (χ3v) is 6.24. The molecule has 0 N–H and O–H groups in total. The van der Waals surface area contributed by atoms with E-state index in [1.165, 1.54) is 19.3 Å². The van der Waals surface area contributed by atoms with Crippen molar-refractivity contribution in [3.05, 3.63) is 59.4 Å². The number of rotatable bonds is 6. The molecule has 0 bridgehead atoms. The minimum atomic E-state index is 0.137. The van der Waals surface area contributed by atoms with Gasteiger partial charge in [-0.2, -0.15) is 0 Å². The van der Waals surface area contributed by atoms with E-state index < -0.39 is 0 Å². The van der Waals surface area contributed by atoms with E-state index >= 15 is 0 Å². The normalized spacial score (nSPS) is 14.8. The molecule has 0 radical (unpaired) electrons. The predicted octanol–water partition coefficient (Wildman–Crippen LogP) is 5.02. The number of carbonyl (C=O) groups excluding carboxylic acids is 1. The van der Waals surface area contributed by atoms with Crippen molar-refractivity contribution in [2.45, 2.75) is 65.1 Å². The lowest BCUT2D eigenvalue weighted by atomic mass is 9.94. The first-order chi connectivity index (χ1) is 14.5. The fraction of sp³-hybridized carbons (Fsp3) is 0.440. The molecular weight excluding hydrogens is 374 g/mol. The molecule has 2 aromatic carbocycles. The van der Waals surface area contributed by atoms with Gasteiger partial charge in [0, 0.05) is 13.1 Å². The highest BCUT2D eigenvalue weighted by Crippen LogP contribution is 2.24. The molecule has 1 heterocycles. The topological polar surface area (TPSA) is 47.4 Å². The molecular formula is C25H31N3O2. The third-order valence-electron chi connectivity index (χ3n) is 6.24. The van der Waals surface area contributed by atoms with Gasteiger partial charge < -0.3 is 14.2 Å². The van der Waals surface area contributed by atoms with Crippen LogP contribution in [0.3, 0.4) is 0 Å². The van der Waals surface area contributed by atoms with Crippen LogP contribution in [0.15, 0.2) is 42.5 Å². The zero-order valence-corrected chi connectivity index (χ0v) is 18.2. The first kappa shape index (κ1) is 20.5. The summed E-state index contributed by atoms with van der Waals surface area (Å²) in [6.45, 7) is 4.72. The van der Waals surface area contributed by atoms with Crippen molar-refractivity contribution in [1.29, 1.82) is 0 Å². The summed E-state index contributed by atoms with van der Waals surface area (Å²) < 4.78 is 8.14. The van der Waals surface area contributed by atoms with Crippen molar-refractivity contribution in [3.8, 4) is 5.75 Å². The minimum Gasteiger partial charge on any atom is -0.485 e. The van der Waals surface area contributed by atoms with Crippen molar-refractivity contribution in [2.75, 3.05) is 7.05 Å². The average molecular weight is 406 g/mol. The number of nitrogens with zero attached hydrogens (tertiary/aromatic N) is 3. The Morgan fingerprint density at radius 2 is 1.90 bits per heavy atom. The minimum absolute atomic E-state index is 0.137. The van der Waals surface area contributed by atoms with Crippen molar-refractivity contribution in [1.82, 2.24) is 14.5 Å². The Hall–Kier alpha value is -2.82. The monoisotopic (exact) mass is 405 g/mol. The summed E-state index contributed by atoms with van der Waals surface area (Å²) in [5.41, 5.74) is 4.12. The van der Waals surface area contributed by atoms with E-state index in [2.05, 4.69) is 19.1 Å². The number of carbonyl (C=O) groups is 1. The lowest BCUT2D eigenvalue weighted by Crippen LogP contribution is -2.40. The largest absolute Gasteiger partial charge is 0.485 e. The van der Waals surface area contributed by atoms with Crippen LogP contribution in [-0.4, -0.2) is 33.4 Å². The van der Waals surface area contributed by atoms with Crippen LogP contribution in [0, 0.1) is 13.8 Å². The van der Waals surface area contributed by atoms with Gasteiger partial charge in [0.05, 0.1) is 11.0 Å². The Morgan fingerprint density at radius 3 is 2.70 bits per heavy atom. The van der Waals surface area contributed by atoms with Gasteiger partial charge in [0.25, 0.3) is 0 Å². The summed E-state index contributed by atoms with van der Waals surface area (Å²) >= 11 is 0. The summed E-state index contributed by atoms with van der Waals surface area (Å²) in [5.74, 6) is 1.78. The molecule has 0 saturated heterocycles. The van der Waals surface area contributed by atoms with Gasteiger partial charge in [-0.15, -0.1) is 0 Å². The third kappa shape index (κ3) is 4.35. The number of aromatic nitrogens is 2. The van der Waals surface area contributed by atoms with Crippen LogP contribution in [0.1, 0.15) is 49.1 Å². The second-order valence-corrected chi connectivity index (χ2v) is 8.46. The van der Waals surface area contributed by atoms with Crippen LogP contribution in [-0.2, 0) is 17.9 Å². The predicted molar refractivity (Wildman–Crippen MR) is 120 cm³/mol. The number of hydrogen-bond donors (Lipinski definition) is 0. The molecule has 1 aliphatic carbocycles. The van der Waals surface area contributed by atoms with E-state index in [-0.39, 0.29) is 5.91 Å². The highest BCUT2D eigenvalue weighted by molar-refractivity contribution is 5.81. The smallest absolute Gasteiger partial charge is 0.242 e. The Morgan fingerprint density at radius 1 is 1.13 bits per heavy atom. The molecule has 30 heavy (non-hydrogen) atoms. The second-order valence-electron chi connectivity index (χ2n) is 8.46. The standard InChI is InChI=1S/C25H31N3O2/c1-18-13-14-19(2)23(15-18)30-17-24-26-21-11-7-8-12-22(21)28(24)16-25(29)27(3)20-9-5-4-6-10-20/h7-8,11-15,20H,4-6,9-10,16-17H2,1-3H3. The van der Waals surface area contributed by atoms with Gasteiger partial charge in [0.1, 0.15) is 24.7 Å². The average Bonchev–Trinajstić information content (AvgIpc) is 3.11. The van der Waals surface area contributed by atoms with Crippen molar-refractivity contribution in [3.63, 3.8) is 0 Å².